The van der Waals surface area contributed by atoms with Crippen LogP contribution in [0.2, 0.25) is 0 Å². The van der Waals surface area contributed by atoms with E-state index in [0.717, 1.165) is 24.2 Å². The molecule has 1 N–H and O–H groups in total. The third-order valence-corrected chi connectivity index (χ3v) is 3.52. The van der Waals surface area contributed by atoms with Gasteiger partial charge in [0.15, 0.2) is 0 Å². The van der Waals surface area contributed by atoms with Gasteiger partial charge in [0.25, 0.3) is 0 Å². The van der Waals surface area contributed by atoms with Crippen LogP contribution >= 0.6 is 0 Å². The van der Waals surface area contributed by atoms with E-state index < -0.39 is 0 Å². The standard InChI is InChI=1S/C17H19N5O/c1-3-4-14-11-16(19-17(23)21-10-9-18-12-21)22(20-14)15-7-5-13(2)6-8-15/h5-12H,3-4H2,1-2H3,(H,19,23). The highest BCUT2D eigenvalue weighted by molar-refractivity contribution is 5.90. The summed E-state index contributed by atoms with van der Waals surface area (Å²) in [6, 6.07) is 9.68. The summed E-state index contributed by atoms with van der Waals surface area (Å²) in [6.07, 6.45) is 6.51. The fourth-order valence-corrected chi connectivity index (χ4v) is 2.33. The molecule has 1 aromatic carbocycles. The van der Waals surface area contributed by atoms with E-state index in [0.29, 0.717) is 5.82 Å². The zero-order valence-electron chi connectivity index (χ0n) is 13.2. The van der Waals surface area contributed by atoms with E-state index in [1.165, 1.54) is 16.5 Å². The van der Waals surface area contributed by atoms with Crippen LogP contribution in [0, 0.1) is 6.92 Å². The monoisotopic (exact) mass is 309 g/mol. The molecule has 0 atom stereocenters. The van der Waals surface area contributed by atoms with Crippen LogP contribution in [0.5, 0.6) is 0 Å². The van der Waals surface area contributed by atoms with Crippen LogP contribution in [0.3, 0.4) is 0 Å². The lowest BCUT2D eigenvalue weighted by atomic mass is 10.2. The molecule has 6 heteroatoms. The van der Waals surface area contributed by atoms with Gasteiger partial charge in [0.1, 0.15) is 12.1 Å². The maximum absolute atomic E-state index is 12.3. The highest BCUT2D eigenvalue weighted by atomic mass is 16.2. The topological polar surface area (TPSA) is 64.7 Å². The quantitative estimate of drug-likeness (QED) is 0.803. The average Bonchev–Trinajstić information content (AvgIpc) is 3.19. The number of nitrogens with one attached hydrogen (secondary N) is 1. The summed E-state index contributed by atoms with van der Waals surface area (Å²) in [7, 11) is 0. The van der Waals surface area contributed by atoms with Gasteiger partial charge in [0.05, 0.1) is 11.4 Å². The number of anilines is 1. The number of benzene rings is 1. The molecule has 118 valence electrons. The highest BCUT2D eigenvalue weighted by Gasteiger charge is 2.13. The lowest BCUT2D eigenvalue weighted by molar-refractivity contribution is 0.253. The van der Waals surface area contributed by atoms with Gasteiger partial charge in [-0.05, 0) is 25.5 Å². The largest absolute Gasteiger partial charge is 0.332 e. The van der Waals surface area contributed by atoms with Crippen molar-refractivity contribution in [3.8, 4) is 5.69 Å². The SMILES string of the molecule is CCCc1cc(NC(=O)n2ccnc2)n(-c2ccc(C)cc2)n1. The maximum atomic E-state index is 12.3. The van der Waals surface area contributed by atoms with Crippen LogP contribution in [0.15, 0.2) is 49.1 Å². The Morgan fingerprint density at radius 2 is 2.04 bits per heavy atom. The van der Waals surface area contributed by atoms with Crippen LogP contribution in [0.4, 0.5) is 10.6 Å². The van der Waals surface area contributed by atoms with Crippen LogP contribution < -0.4 is 5.32 Å². The third kappa shape index (κ3) is 3.31. The van der Waals surface area contributed by atoms with E-state index in [-0.39, 0.29) is 6.03 Å². The zero-order valence-corrected chi connectivity index (χ0v) is 13.2. The first-order valence-corrected chi connectivity index (χ1v) is 7.62. The van der Waals surface area contributed by atoms with E-state index in [2.05, 4.69) is 22.3 Å². The summed E-state index contributed by atoms with van der Waals surface area (Å²) in [5.74, 6) is 0.649. The van der Waals surface area contributed by atoms with Crippen molar-refractivity contribution in [1.29, 1.82) is 0 Å². The van der Waals surface area contributed by atoms with Crippen molar-refractivity contribution in [1.82, 2.24) is 19.3 Å². The Kier molecular flexibility index (Phi) is 4.23. The van der Waals surface area contributed by atoms with Gasteiger partial charge in [-0.1, -0.05) is 31.0 Å². The van der Waals surface area contributed by atoms with Gasteiger partial charge in [-0.15, -0.1) is 0 Å². The predicted octanol–water partition coefficient (Wildman–Crippen LogP) is 3.41. The number of imidazole rings is 1. The minimum atomic E-state index is -0.265. The van der Waals surface area contributed by atoms with E-state index in [9.17, 15) is 4.79 Å². The molecule has 3 rings (SSSR count). The number of aryl methyl sites for hydroxylation is 2. The van der Waals surface area contributed by atoms with Crippen molar-refractivity contribution < 1.29 is 4.79 Å². The first-order valence-electron chi connectivity index (χ1n) is 7.62. The minimum absolute atomic E-state index is 0.265. The molecule has 0 spiro atoms. The summed E-state index contributed by atoms with van der Waals surface area (Å²) < 4.78 is 3.16. The van der Waals surface area contributed by atoms with Crippen molar-refractivity contribution in [2.75, 3.05) is 5.32 Å². The van der Waals surface area contributed by atoms with Crippen LogP contribution in [-0.2, 0) is 6.42 Å². The molecule has 0 saturated heterocycles. The van der Waals surface area contributed by atoms with E-state index in [1.54, 1.807) is 17.1 Å². The van der Waals surface area contributed by atoms with Crippen LogP contribution in [-0.4, -0.2) is 25.4 Å². The molecule has 0 fully saturated rings. The number of aromatic nitrogens is 4. The Hall–Kier alpha value is -2.89. The van der Waals surface area contributed by atoms with E-state index >= 15 is 0 Å². The summed E-state index contributed by atoms with van der Waals surface area (Å²) >= 11 is 0. The summed E-state index contributed by atoms with van der Waals surface area (Å²) in [5, 5.41) is 7.50. The number of rotatable bonds is 4. The Bertz CT molecular complexity index is 787. The smallest absolute Gasteiger partial charge is 0.291 e. The first kappa shape index (κ1) is 15.0. The molecule has 0 radical (unpaired) electrons. The first-order chi connectivity index (χ1) is 11.2. The average molecular weight is 309 g/mol. The van der Waals surface area contributed by atoms with Gasteiger partial charge < -0.3 is 0 Å². The molecule has 23 heavy (non-hydrogen) atoms. The van der Waals surface area contributed by atoms with Gasteiger partial charge >= 0.3 is 6.03 Å². The van der Waals surface area contributed by atoms with Crippen molar-refractivity contribution in [3.63, 3.8) is 0 Å². The molecule has 0 aliphatic heterocycles. The number of carbonyl (C=O) groups excluding carboxylic acids is 1. The molecule has 0 aliphatic carbocycles. The number of amides is 1. The van der Waals surface area contributed by atoms with E-state index in [1.807, 2.05) is 37.3 Å². The van der Waals surface area contributed by atoms with E-state index in [4.69, 9.17) is 0 Å². The Balaban J connectivity index is 1.94. The molecular formula is C17H19N5O. The molecule has 2 heterocycles. The summed E-state index contributed by atoms with van der Waals surface area (Å²) in [5.41, 5.74) is 3.05. The number of nitrogens with zero attached hydrogens (tertiary/aromatic N) is 4. The minimum Gasteiger partial charge on any atom is -0.291 e. The Morgan fingerprint density at radius 1 is 1.26 bits per heavy atom. The van der Waals surface area contributed by atoms with Crippen molar-refractivity contribution in [2.24, 2.45) is 0 Å². The predicted molar refractivity (Wildman–Crippen MR) is 88.9 cm³/mol. The fourth-order valence-electron chi connectivity index (χ4n) is 2.33. The van der Waals surface area contributed by atoms with Gasteiger partial charge in [0.2, 0.25) is 0 Å². The molecule has 1 amide bonds. The van der Waals surface area contributed by atoms with Gasteiger partial charge in [0, 0.05) is 18.5 Å². The maximum Gasteiger partial charge on any atom is 0.332 e. The van der Waals surface area contributed by atoms with Crippen molar-refractivity contribution >= 4 is 11.8 Å². The van der Waals surface area contributed by atoms with Gasteiger partial charge in [-0.3, -0.25) is 9.88 Å². The second-order valence-electron chi connectivity index (χ2n) is 5.42. The third-order valence-electron chi connectivity index (χ3n) is 3.52. The lowest BCUT2D eigenvalue weighted by Crippen LogP contribution is -2.19. The number of carbonyl (C=O) groups is 1. The molecule has 2 aromatic heterocycles. The van der Waals surface area contributed by atoms with Gasteiger partial charge in [-0.2, -0.15) is 5.10 Å². The summed E-state index contributed by atoms with van der Waals surface area (Å²) in [4.78, 5) is 16.1. The highest BCUT2D eigenvalue weighted by Crippen LogP contribution is 2.19. The van der Waals surface area contributed by atoms with Crippen molar-refractivity contribution in [2.45, 2.75) is 26.7 Å². The lowest BCUT2D eigenvalue weighted by Gasteiger charge is -2.09. The van der Waals surface area contributed by atoms with Gasteiger partial charge in [-0.25, -0.2) is 14.5 Å². The second kappa shape index (κ2) is 6.48. The number of hydrogen-bond acceptors (Lipinski definition) is 3. The molecule has 0 bridgehead atoms. The molecule has 0 saturated carbocycles. The van der Waals surface area contributed by atoms with Crippen LogP contribution in [0.1, 0.15) is 24.6 Å². The Morgan fingerprint density at radius 3 is 2.70 bits per heavy atom. The molecular weight excluding hydrogens is 290 g/mol. The molecule has 0 unspecified atom stereocenters. The molecule has 0 aliphatic rings. The fraction of sp³-hybridized carbons (Fsp3) is 0.235. The van der Waals surface area contributed by atoms with Crippen LogP contribution in [0.25, 0.3) is 5.69 Å². The second-order valence-corrected chi connectivity index (χ2v) is 5.42. The van der Waals surface area contributed by atoms with Crippen molar-refractivity contribution in [3.05, 3.63) is 60.3 Å². The molecule has 6 nitrogen and oxygen atoms in total. The Labute approximate surface area is 134 Å². The summed E-state index contributed by atoms with van der Waals surface area (Å²) in [6.45, 7) is 4.14. The zero-order chi connectivity index (χ0) is 16.2. The number of hydrogen-bond donors (Lipinski definition) is 1. The molecule has 3 aromatic rings. The normalized spacial score (nSPS) is 10.7.